The van der Waals surface area contributed by atoms with Gasteiger partial charge < -0.3 is 5.32 Å². The van der Waals surface area contributed by atoms with E-state index in [2.05, 4.69) is 98.5 Å². The van der Waals surface area contributed by atoms with E-state index in [0.717, 1.165) is 38.5 Å². The van der Waals surface area contributed by atoms with E-state index < -0.39 is 0 Å². The first-order valence-electron chi connectivity index (χ1n) is 12.4. The standard InChI is InChI=1S/C29H49NO/c1-11-14-26(18-12-15-22(4)20-28(6,7)8)30-27(31)23(5)29(9,10)25-17-13-16-24(19-25)21(2)3/h13,16-17,19,21,23,26H,4,11-12,14-15,18,20H2,1-3,5-10H3,(H,30,31)/t23-,26?/m0/s1. The lowest BCUT2D eigenvalue weighted by Crippen LogP contribution is -2.44. The molecule has 0 radical (unpaired) electrons. The molecule has 0 aliphatic rings. The Labute approximate surface area is 193 Å². The van der Waals surface area contributed by atoms with E-state index in [0.29, 0.717) is 11.3 Å². The third-order valence-electron chi connectivity index (χ3n) is 6.62. The van der Waals surface area contributed by atoms with Crippen molar-refractivity contribution in [2.75, 3.05) is 0 Å². The number of nitrogens with one attached hydrogen (secondary N) is 1. The minimum absolute atomic E-state index is 0.0925. The van der Waals surface area contributed by atoms with Crippen molar-refractivity contribution in [3.8, 4) is 0 Å². The van der Waals surface area contributed by atoms with Crippen LogP contribution in [0.3, 0.4) is 0 Å². The highest BCUT2D eigenvalue weighted by Gasteiger charge is 2.34. The summed E-state index contributed by atoms with van der Waals surface area (Å²) in [5, 5.41) is 3.38. The Morgan fingerprint density at radius 1 is 1.06 bits per heavy atom. The molecule has 0 heterocycles. The highest BCUT2D eigenvalue weighted by molar-refractivity contribution is 5.80. The highest BCUT2D eigenvalue weighted by Crippen LogP contribution is 2.34. The fourth-order valence-electron chi connectivity index (χ4n) is 4.28. The predicted octanol–water partition coefficient (Wildman–Crippen LogP) is 8.17. The van der Waals surface area contributed by atoms with Gasteiger partial charge in [0.05, 0.1) is 0 Å². The molecule has 0 spiro atoms. The lowest BCUT2D eigenvalue weighted by molar-refractivity contribution is -0.127. The number of carbonyl (C=O) groups is 1. The van der Waals surface area contributed by atoms with Crippen molar-refractivity contribution in [3.63, 3.8) is 0 Å². The minimum atomic E-state index is -0.216. The average molecular weight is 428 g/mol. The number of hydrogen-bond donors (Lipinski definition) is 1. The van der Waals surface area contributed by atoms with Crippen molar-refractivity contribution in [2.24, 2.45) is 11.3 Å². The van der Waals surface area contributed by atoms with Crippen molar-refractivity contribution in [2.45, 2.75) is 118 Å². The number of hydrogen-bond acceptors (Lipinski definition) is 1. The van der Waals surface area contributed by atoms with Gasteiger partial charge in [0.2, 0.25) is 5.91 Å². The molecule has 31 heavy (non-hydrogen) atoms. The van der Waals surface area contributed by atoms with E-state index in [9.17, 15) is 4.79 Å². The van der Waals surface area contributed by atoms with Crippen LogP contribution in [0.15, 0.2) is 36.4 Å². The molecule has 2 heteroatoms. The maximum Gasteiger partial charge on any atom is 0.223 e. The Balaban J connectivity index is 2.75. The van der Waals surface area contributed by atoms with Crippen molar-refractivity contribution >= 4 is 5.91 Å². The summed E-state index contributed by atoms with van der Waals surface area (Å²) in [6.07, 6.45) is 6.36. The number of carbonyl (C=O) groups excluding carboxylic acids is 1. The molecule has 176 valence electrons. The topological polar surface area (TPSA) is 29.1 Å². The normalized spacial score (nSPS) is 14.4. The van der Waals surface area contributed by atoms with Gasteiger partial charge in [-0.1, -0.05) is 105 Å². The monoisotopic (exact) mass is 427 g/mol. The molecule has 2 nitrogen and oxygen atoms in total. The van der Waals surface area contributed by atoms with Gasteiger partial charge in [-0.2, -0.15) is 0 Å². The summed E-state index contributed by atoms with van der Waals surface area (Å²) in [6, 6.07) is 9.00. The van der Waals surface area contributed by atoms with Crippen LogP contribution < -0.4 is 5.32 Å². The van der Waals surface area contributed by atoms with E-state index in [1.165, 1.54) is 16.7 Å². The molecule has 1 N–H and O–H groups in total. The second-order valence-electron chi connectivity index (χ2n) is 11.6. The molecule has 1 amide bonds. The summed E-state index contributed by atoms with van der Waals surface area (Å²) in [5.74, 6) is 0.568. The molecule has 1 rings (SSSR count). The van der Waals surface area contributed by atoms with Gasteiger partial charge in [-0.15, -0.1) is 0 Å². The van der Waals surface area contributed by atoms with E-state index in [1.54, 1.807) is 0 Å². The van der Waals surface area contributed by atoms with Crippen LogP contribution in [-0.2, 0) is 10.2 Å². The van der Waals surface area contributed by atoms with Gasteiger partial charge in [0.15, 0.2) is 0 Å². The third kappa shape index (κ3) is 9.21. The predicted molar refractivity (Wildman–Crippen MR) is 137 cm³/mol. The lowest BCUT2D eigenvalue weighted by Gasteiger charge is -2.33. The minimum Gasteiger partial charge on any atom is -0.353 e. The smallest absolute Gasteiger partial charge is 0.223 e. The maximum atomic E-state index is 13.2. The molecule has 1 unspecified atom stereocenters. The van der Waals surface area contributed by atoms with Gasteiger partial charge in [-0.05, 0) is 54.6 Å². The Bertz CT molecular complexity index is 708. The van der Waals surface area contributed by atoms with Gasteiger partial charge in [0.1, 0.15) is 0 Å². The molecular formula is C29H49NO. The van der Waals surface area contributed by atoms with Crippen LogP contribution in [0.1, 0.15) is 118 Å². The Morgan fingerprint density at radius 2 is 1.71 bits per heavy atom. The zero-order valence-corrected chi connectivity index (χ0v) is 21.9. The molecule has 0 bridgehead atoms. The molecule has 2 atom stereocenters. The summed E-state index contributed by atoms with van der Waals surface area (Å²) < 4.78 is 0. The molecule has 0 saturated carbocycles. The van der Waals surface area contributed by atoms with Crippen molar-refractivity contribution in [1.29, 1.82) is 0 Å². The first-order chi connectivity index (χ1) is 14.3. The Morgan fingerprint density at radius 3 is 2.26 bits per heavy atom. The van der Waals surface area contributed by atoms with Crippen molar-refractivity contribution in [3.05, 3.63) is 47.5 Å². The summed E-state index contributed by atoms with van der Waals surface area (Å²) in [4.78, 5) is 13.2. The zero-order chi connectivity index (χ0) is 23.8. The Hall–Kier alpha value is -1.57. The SMILES string of the molecule is C=C(CCCC(CCC)NC(=O)[C@H](C)C(C)(C)c1cccc(C(C)C)c1)CC(C)(C)C. The molecular weight excluding hydrogens is 378 g/mol. The zero-order valence-electron chi connectivity index (χ0n) is 21.9. The van der Waals surface area contributed by atoms with Crippen LogP contribution in [0.25, 0.3) is 0 Å². The van der Waals surface area contributed by atoms with Crippen LogP contribution in [0.5, 0.6) is 0 Å². The average Bonchev–Trinajstić information content (AvgIpc) is 2.66. The first kappa shape index (κ1) is 27.5. The lowest BCUT2D eigenvalue weighted by atomic mass is 9.73. The Kier molecular flexibility index (Phi) is 10.5. The van der Waals surface area contributed by atoms with Gasteiger partial charge >= 0.3 is 0 Å². The summed E-state index contributed by atoms with van der Waals surface area (Å²) in [7, 11) is 0. The van der Waals surface area contributed by atoms with E-state index in [-0.39, 0.29) is 23.3 Å². The molecule has 0 aromatic heterocycles. The van der Waals surface area contributed by atoms with Gasteiger partial charge in [-0.25, -0.2) is 0 Å². The summed E-state index contributed by atoms with van der Waals surface area (Å²) in [5.41, 5.74) is 3.98. The third-order valence-corrected chi connectivity index (χ3v) is 6.62. The van der Waals surface area contributed by atoms with Gasteiger partial charge in [0.25, 0.3) is 0 Å². The molecule has 0 fully saturated rings. The van der Waals surface area contributed by atoms with Crippen molar-refractivity contribution < 1.29 is 4.79 Å². The second-order valence-corrected chi connectivity index (χ2v) is 11.6. The maximum absolute atomic E-state index is 13.2. The molecule has 1 aromatic carbocycles. The van der Waals surface area contributed by atoms with E-state index in [1.807, 2.05) is 0 Å². The van der Waals surface area contributed by atoms with Crippen LogP contribution in [-0.4, -0.2) is 11.9 Å². The highest BCUT2D eigenvalue weighted by atomic mass is 16.2. The van der Waals surface area contributed by atoms with Crippen LogP contribution in [0, 0.1) is 11.3 Å². The van der Waals surface area contributed by atoms with E-state index in [4.69, 9.17) is 0 Å². The fraction of sp³-hybridized carbons (Fsp3) is 0.690. The molecule has 0 aliphatic carbocycles. The van der Waals surface area contributed by atoms with Gasteiger partial charge in [-0.3, -0.25) is 4.79 Å². The van der Waals surface area contributed by atoms with Crippen molar-refractivity contribution in [1.82, 2.24) is 5.32 Å². The molecule has 0 saturated heterocycles. The van der Waals surface area contributed by atoms with Crippen LogP contribution >= 0.6 is 0 Å². The van der Waals surface area contributed by atoms with Crippen LogP contribution in [0.2, 0.25) is 0 Å². The first-order valence-corrected chi connectivity index (χ1v) is 12.4. The van der Waals surface area contributed by atoms with E-state index >= 15 is 0 Å². The van der Waals surface area contributed by atoms with Gasteiger partial charge in [0, 0.05) is 17.4 Å². The number of allylic oxidation sites excluding steroid dienone is 1. The number of amides is 1. The second kappa shape index (κ2) is 11.9. The number of rotatable bonds is 12. The largest absolute Gasteiger partial charge is 0.353 e. The van der Waals surface area contributed by atoms with Crippen LogP contribution in [0.4, 0.5) is 0 Å². The summed E-state index contributed by atoms with van der Waals surface area (Å²) >= 11 is 0. The molecule has 1 aromatic rings. The summed E-state index contributed by atoms with van der Waals surface area (Å²) in [6.45, 7) is 24.2. The number of benzene rings is 1. The fourth-order valence-corrected chi connectivity index (χ4v) is 4.28. The quantitative estimate of drug-likeness (QED) is 0.335. The molecule has 0 aliphatic heterocycles.